The highest BCUT2D eigenvalue weighted by Gasteiger charge is 2.81. The molecule has 3 rings (SSSR count). The van der Waals surface area contributed by atoms with Gasteiger partial charge in [-0.2, -0.15) is 0 Å². The van der Waals surface area contributed by atoms with E-state index in [-0.39, 0.29) is 0 Å². The molecule has 26 heavy (non-hydrogen) atoms. The van der Waals surface area contributed by atoms with Gasteiger partial charge in [-0.3, -0.25) is 16.7 Å². The van der Waals surface area contributed by atoms with Crippen molar-refractivity contribution in [2.45, 2.75) is 52.6 Å². The molecule has 0 spiro atoms. The molecular weight excluding hydrogens is 362 g/mol. The molecule has 2 aromatic carbocycles. The highest BCUT2D eigenvalue weighted by Crippen LogP contribution is 2.48. The summed E-state index contributed by atoms with van der Waals surface area (Å²) >= 11 is 0. The van der Waals surface area contributed by atoms with Crippen molar-refractivity contribution in [3.63, 3.8) is 0 Å². The van der Waals surface area contributed by atoms with E-state index in [1.54, 1.807) is 8.46 Å². The summed E-state index contributed by atoms with van der Waals surface area (Å²) in [7, 11) is -7.73. The average Bonchev–Trinajstić information content (AvgIpc) is 2.53. The van der Waals surface area contributed by atoms with Crippen LogP contribution < -0.4 is 10.4 Å². The smallest absolute Gasteiger partial charge is 0.266 e. The zero-order valence-electron chi connectivity index (χ0n) is 16.4. The Bertz CT molecular complexity index is 694. The third-order valence-electron chi connectivity index (χ3n) is 4.81. The Balaban J connectivity index is 2.28. The lowest BCUT2D eigenvalue weighted by molar-refractivity contribution is 0.147. The van der Waals surface area contributed by atoms with Gasteiger partial charge in [0.25, 0.3) is 0 Å². The van der Waals surface area contributed by atoms with Crippen LogP contribution in [0.1, 0.15) is 41.5 Å². The van der Waals surface area contributed by atoms with Gasteiger partial charge in [-0.25, -0.2) is 0 Å². The minimum Gasteiger partial charge on any atom is -0.266 e. The summed E-state index contributed by atoms with van der Waals surface area (Å²) in [5, 5.41) is 1.23. The molecule has 2 nitrogen and oxygen atoms in total. The molecule has 6 heteroatoms. The number of halogens is 2. The fourth-order valence-corrected chi connectivity index (χ4v) is 15.6. The first-order valence-electron chi connectivity index (χ1n) is 9.04. The van der Waals surface area contributed by atoms with Crippen LogP contribution in [0, 0.1) is 0 Å². The Kier molecular flexibility index (Phi) is 4.55. The van der Waals surface area contributed by atoms with Crippen LogP contribution in [0.2, 0.25) is 0 Å². The summed E-state index contributed by atoms with van der Waals surface area (Å²) in [6.07, 6.45) is 0. The molecule has 140 valence electrons. The van der Waals surface area contributed by atoms with E-state index < -0.39 is 28.5 Å². The highest BCUT2D eigenvalue weighted by atomic mass is 28.5. The average molecular weight is 391 g/mol. The van der Waals surface area contributed by atoms with Crippen molar-refractivity contribution in [3.05, 3.63) is 60.7 Å². The second-order valence-electron chi connectivity index (χ2n) is 8.92. The van der Waals surface area contributed by atoms with E-state index in [4.69, 9.17) is 0 Å². The number of rotatable bonds is 2. The molecule has 0 amide bonds. The minimum absolute atomic E-state index is 0.613. The van der Waals surface area contributed by atoms with E-state index in [9.17, 15) is 0 Å². The van der Waals surface area contributed by atoms with Gasteiger partial charge in [-0.05, 0) is 41.5 Å². The Morgan fingerprint density at radius 2 is 0.846 bits per heavy atom. The maximum absolute atomic E-state index is 16.9. The van der Waals surface area contributed by atoms with Gasteiger partial charge in [0.15, 0.2) is 0 Å². The number of hydrogen-bond donors (Lipinski definition) is 0. The molecule has 1 heterocycles. The highest BCUT2D eigenvalue weighted by molar-refractivity contribution is 7.10. The van der Waals surface area contributed by atoms with Gasteiger partial charge in [0.2, 0.25) is 0 Å². The summed E-state index contributed by atoms with van der Waals surface area (Å²) in [5.74, 6) is 0. The van der Waals surface area contributed by atoms with Crippen LogP contribution in [0.3, 0.4) is 0 Å². The lowest BCUT2D eigenvalue weighted by Gasteiger charge is -2.69. The van der Waals surface area contributed by atoms with Crippen LogP contribution >= 0.6 is 0 Å². The summed E-state index contributed by atoms with van der Waals surface area (Å²) < 4.78 is 37.1. The normalized spacial score (nSPS) is 28.0. The van der Waals surface area contributed by atoms with E-state index in [0.717, 1.165) is 0 Å². The van der Waals surface area contributed by atoms with Crippen molar-refractivity contribution in [1.82, 2.24) is 8.46 Å². The Labute approximate surface area is 158 Å². The summed E-state index contributed by atoms with van der Waals surface area (Å²) in [6, 6.07) is 18.3. The van der Waals surface area contributed by atoms with Crippen molar-refractivity contribution in [3.8, 4) is 0 Å². The fraction of sp³-hybridized carbons (Fsp3) is 0.400. The first-order chi connectivity index (χ1) is 11.9. The molecule has 1 saturated heterocycles. The van der Waals surface area contributed by atoms with Crippen LogP contribution in [-0.2, 0) is 0 Å². The van der Waals surface area contributed by atoms with E-state index >= 15 is 8.22 Å². The summed E-state index contributed by atoms with van der Waals surface area (Å²) in [4.78, 5) is 0. The SMILES string of the molecule is CC(C)(C)N1[Si](F)(c2ccccc2)N(C(C)(C)C)[Si]1(F)c1ccccc1. The number of benzene rings is 2. The molecule has 2 aromatic rings. The summed E-state index contributed by atoms with van der Waals surface area (Å²) in [5.41, 5.74) is -1.23. The zero-order chi connectivity index (χ0) is 19.4. The van der Waals surface area contributed by atoms with E-state index in [0.29, 0.717) is 10.4 Å². The first-order valence-corrected chi connectivity index (χ1v) is 12.6. The quantitative estimate of drug-likeness (QED) is 0.568. The van der Waals surface area contributed by atoms with Gasteiger partial charge < -0.3 is 0 Å². The molecule has 0 aromatic heterocycles. The Morgan fingerprint density at radius 1 is 0.577 bits per heavy atom. The van der Waals surface area contributed by atoms with Gasteiger partial charge in [0.1, 0.15) is 0 Å². The standard InChI is InChI=1S/C20H28F2N2Si2/c1-19(2,3)23-25(21,17-13-9-7-10-14-17)24(20(4,5)6)26(23,22)18-15-11-8-12-16-18/h7-16H,1-6H3. The van der Waals surface area contributed by atoms with Gasteiger partial charge in [0.05, 0.1) is 0 Å². The molecular formula is C20H28F2N2Si2. The van der Waals surface area contributed by atoms with E-state index in [1.165, 1.54) is 0 Å². The predicted molar refractivity (Wildman–Crippen MR) is 109 cm³/mol. The molecule has 0 unspecified atom stereocenters. The van der Waals surface area contributed by atoms with Crippen LogP contribution in [0.4, 0.5) is 8.22 Å². The van der Waals surface area contributed by atoms with Crippen LogP contribution in [0.5, 0.6) is 0 Å². The fourth-order valence-electron chi connectivity index (χ4n) is 4.14. The van der Waals surface area contributed by atoms with Crippen molar-refractivity contribution in [2.24, 2.45) is 0 Å². The minimum atomic E-state index is -3.87. The predicted octanol–water partition coefficient (Wildman–Crippen LogP) is 3.83. The molecule has 0 radical (unpaired) electrons. The van der Waals surface area contributed by atoms with Gasteiger partial charge in [-0.1, -0.05) is 60.7 Å². The molecule has 0 saturated carbocycles. The third kappa shape index (κ3) is 2.71. The molecule has 1 aliphatic rings. The second-order valence-corrected chi connectivity index (χ2v) is 15.1. The van der Waals surface area contributed by atoms with Crippen LogP contribution in [-0.4, -0.2) is 37.0 Å². The van der Waals surface area contributed by atoms with E-state index in [1.807, 2.05) is 102 Å². The number of nitrogens with zero attached hydrogens (tertiary/aromatic N) is 2. The monoisotopic (exact) mass is 390 g/mol. The maximum Gasteiger partial charge on any atom is 0.428 e. The summed E-state index contributed by atoms with van der Waals surface area (Å²) in [6.45, 7) is 11.5. The van der Waals surface area contributed by atoms with Crippen molar-refractivity contribution in [1.29, 1.82) is 0 Å². The topological polar surface area (TPSA) is 6.48 Å². The van der Waals surface area contributed by atoms with Crippen molar-refractivity contribution in [2.75, 3.05) is 0 Å². The largest absolute Gasteiger partial charge is 0.428 e. The van der Waals surface area contributed by atoms with Crippen LogP contribution in [0.15, 0.2) is 60.7 Å². The Hall–Kier alpha value is -1.35. The maximum atomic E-state index is 16.9. The molecule has 1 aliphatic heterocycles. The Morgan fingerprint density at radius 3 is 1.08 bits per heavy atom. The van der Waals surface area contributed by atoms with Gasteiger partial charge in [-0.15, -0.1) is 0 Å². The van der Waals surface area contributed by atoms with Gasteiger partial charge in [0, 0.05) is 21.5 Å². The lowest BCUT2D eigenvalue weighted by Crippen LogP contribution is -3.02. The number of hydrogen-bond acceptors (Lipinski definition) is 2. The second kappa shape index (κ2) is 6.09. The van der Waals surface area contributed by atoms with Crippen LogP contribution in [0.25, 0.3) is 0 Å². The molecule has 0 N–H and O–H groups in total. The first kappa shape index (κ1) is 19.4. The molecule has 0 atom stereocenters. The van der Waals surface area contributed by atoms with Crippen molar-refractivity contribution < 1.29 is 8.22 Å². The zero-order valence-corrected chi connectivity index (χ0v) is 18.4. The molecule has 0 bridgehead atoms. The van der Waals surface area contributed by atoms with E-state index in [2.05, 4.69) is 0 Å². The lowest BCUT2D eigenvalue weighted by atomic mass is 10.1. The molecule has 1 fully saturated rings. The van der Waals surface area contributed by atoms with Crippen molar-refractivity contribution >= 4 is 27.8 Å². The third-order valence-corrected chi connectivity index (χ3v) is 15.6. The molecule has 0 aliphatic carbocycles. The van der Waals surface area contributed by atoms with Gasteiger partial charge >= 0.3 is 17.5 Å².